The second kappa shape index (κ2) is 12.7. The summed E-state index contributed by atoms with van der Waals surface area (Å²) in [5.41, 5.74) is 1.66. The second-order valence-corrected chi connectivity index (χ2v) is 12.9. The van der Waals surface area contributed by atoms with Crippen LogP contribution < -0.4 is 9.47 Å². The van der Waals surface area contributed by atoms with Crippen LogP contribution in [0.1, 0.15) is 49.2 Å². The van der Waals surface area contributed by atoms with Gasteiger partial charge in [0.15, 0.2) is 29.8 Å². The third-order valence-corrected chi connectivity index (χ3v) is 9.19. The number of pyridine rings is 1. The molecule has 0 saturated carbocycles. The van der Waals surface area contributed by atoms with Crippen LogP contribution in [0.2, 0.25) is 0 Å². The summed E-state index contributed by atoms with van der Waals surface area (Å²) in [6.07, 6.45) is 4.38. The molecule has 1 aliphatic heterocycles. The van der Waals surface area contributed by atoms with Crippen LogP contribution in [0.15, 0.2) is 73.2 Å². The number of rotatable bonds is 4. The molecule has 0 radical (unpaired) electrons. The molecule has 2 atom stereocenters. The van der Waals surface area contributed by atoms with E-state index in [1.807, 2.05) is 18.2 Å². The van der Waals surface area contributed by atoms with E-state index in [0.29, 0.717) is 39.3 Å². The van der Waals surface area contributed by atoms with Crippen molar-refractivity contribution < 1.29 is 32.5 Å². The summed E-state index contributed by atoms with van der Waals surface area (Å²) in [6, 6.07) is 15.1. The van der Waals surface area contributed by atoms with Gasteiger partial charge in [0.05, 0.1) is 17.9 Å². The van der Waals surface area contributed by atoms with Gasteiger partial charge in [0.2, 0.25) is 5.88 Å². The van der Waals surface area contributed by atoms with Gasteiger partial charge in [-0.25, -0.2) is 22.8 Å². The molecule has 0 spiro atoms. The molecule has 11 nitrogen and oxygen atoms in total. The predicted molar refractivity (Wildman–Crippen MR) is 177 cm³/mol. The number of H-pyrrole nitrogens is 1. The van der Waals surface area contributed by atoms with E-state index in [9.17, 15) is 9.90 Å². The molecule has 6 aromatic rings. The van der Waals surface area contributed by atoms with Crippen LogP contribution in [-0.4, -0.2) is 58.1 Å². The van der Waals surface area contributed by atoms with Crippen molar-refractivity contribution >= 4 is 16.9 Å². The summed E-state index contributed by atoms with van der Waals surface area (Å²) in [7, 11) is 1.68. The van der Waals surface area contributed by atoms with Gasteiger partial charge in [0.1, 0.15) is 11.4 Å². The number of ether oxygens (including phenoxy) is 2. The number of aliphatic carboxylic acids is 1. The molecule has 14 heteroatoms. The summed E-state index contributed by atoms with van der Waals surface area (Å²) in [5, 5.41) is 19.2. The molecule has 6 bridgehead atoms. The van der Waals surface area contributed by atoms with E-state index in [1.54, 1.807) is 57.6 Å². The molecule has 0 saturated heterocycles. The second-order valence-electron chi connectivity index (χ2n) is 12.9. The molecule has 5 heterocycles. The number of fused-ring (bicyclic) bond motifs is 10. The highest BCUT2D eigenvalue weighted by Gasteiger charge is 2.40. The van der Waals surface area contributed by atoms with Gasteiger partial charge < -0.3 is 19.6 Å². The van der Waals surface area contributed by atoms with Crippen LogP contribution in [-0.2, 0) is 30.2 Å². The molecule has 50 heavy (non-hydrogen) atoms. The first-order valence-corrected chi connectivity index (χ1v) is 16.1. The van der Waals surface area contributed by atoms with E-state index in [4.69, 9.17) is 19.6 Å². The number of nitrogens with zero attached hydrogens (tertiary/aromatic N) is 6. The number of hydrogen-bond acceptors (Lipinski definition) is 7. The van der Waals surface area contributed by atoms with Crippen molar-refractivity contribution in [3.8, 4) is 28.9 Å². The molecule has 0 amide bonds. The van der Waals surface area contributed by atoms with Gasteiger partial charge in [0.25, 0.3) is 5.92 Å². The normalized spacial score (nSPS) is 18.2. The Morgan fingerprint density at radius 1 is 1.12 bits per heavy atom. The first kappa shape index (κ1) is 32.9. The molecular formula is C36H34F3N7O4. The Balaban J connectivity index is 1.35. The Morgan fingerprint density at radius 3 is 2.78 bits per heavy atom. The summed E-state index contributed by atoms with van der Waals surface area (Å²) < 4.78 is 61.6. The highest BCUT2D eigenvalue weighted by molar-refractivity contribution is 5.85. The SMILES string of the molecule is C[C@H](Cc1cccc(C2(C)CCC(F)(F)COc3ccn(n3)Cc3c(c(F)cc4[nH]ccc34)Oc3ccnc(c3)-c3nc2nn3C)c1)C(=O)O. The Morgan fingerprint density at radius 2 is 1.96 bits per heavy atom. The summed E-state index contributed by atoms with van der Waals surface area (Å²) in [5.74, 6) is -4.60. The van der Waals surface area contributed by atoms with Gasteiger partial charge >= 0.3 is 5.97 Å². The van der Waals surface area contributed by atoms with Gasteiger partial charge in [-0.1, -0.05) is 31.2 Å². The number of nitrogens with one attached hydrogen (secondary N) is 1. The zero-order valence-electron chi connectivity index (χ0n) is 27.5. The first-order chi connectivity index (χ1) is 23.9. The summed E-state index contributed by atoms with van der Waals surface area (Å²) in [6.45, 7) is 2.54. The van der Waals surface area contributed by atoms with Crippen LogP contribution >= 0.6 is 0 Å². The number of carboxylic acids is 1. The fourth-order valence-corrected chi connectivity index (χ4v) is 6.27. The lowest BCUT2D eigenvalue weighted by atomic mass is 9.76. The summed E-state index contributed by atoms with van der Waals surface area (Å²) in [4.78, 5) is 23.9. The number of carbonyl (C=O) groups is 1. The van der Waals surface area contributed by atoms with Gasteiger partial charge in [-0.2, -0.15) is 5.10 Å². The van der Waals surface area contributed by atoms with Gasteiger partial charge in [-0.05, 0) is 43.0 Å². The van der Waals surface area contributed by atoms with Crippen LogP contribution in [0, 0.1) is 11.7 Å². The van der Waals surface area contributed by atoms with Gasteiger partial charge in [0, 0.05) is 66.7 Å². The minimum absolute atomic E-state index is 0.00963. The lowest BCUT2D eigenvalue weighted by Crippen LogP contribution is -2.32. The average molecular weight is 686 g/mol. The first-order valence-electron chi connectivity index (χ1n) is 16.1. The van der Waals surface area contributed by atoms with Crippen LogP contribution in [0.3, 0.4) is 0 Å². The van der Waals surface area contributed by atoms with Crippen molar-refractivity contribution in [3.63, 3.8) is 0 Å². The molecule has 0 fully saturated rings. The maximum Gasteiger partial charge on any atom is 0.306 e. The Hall–Kier alpha value is -5.66. The maximum absolute atomic E-state index is 15.7. The monoisotopic (exact) mass is 685 g/mol. The van der Waals surface area contributed by atoms with Crippen LogP contribution in [0.5, 0.6) is 17.4 Å². The third-order valence-electron chi connectivity index (χ3n) is 9.19. The van der Waals surface area contributed by atoms with Crippen molar-refractivity contribution in [2.75, 3.05) is 6.61 Å². The lowest BCUT2D eigenvalue weighted by molar-refractivity contribution is -0.141. The number of aromatic nitrogens is 7. The fraction of sp³-hybridized carbons (Fsp3) is 0.306. The number of hydrogen-bond donors (Lipinski definition) is 2. The molecule has 1 aliphatic rings. The summed E-state index contributed by atoms with van der Waals surface area (Å²) >= 11 is 0. The number of benzene rings is 2. The van der Waals surface area contributed by atoms with Gasteiger partial charge in [-0.15, -0.1) is 5.10 Å². The zero-order chi connectivity index (χ0) is 35.2. The van der Waals surface area contributed by atoms with Crippen molar-refractivity contribution in [3.05, 3.63) is 102 Å². The quantitative estimate of drug-likeness (QED) is 0.205. The van der Waals surface area contributed by atoms with E-state index in [2.05, 4.69) is 15.1 Å². The molecule has 1 unspecified atom stereocenters. The van der Waals surface area contributed by atoms with E-state index < -0.39 is 42.1 Å². The Bertz CT molecular complexity index is 2210. The Labute approximate surface area is 284 Å². The van der Waals surface area contributed by atoms with E-state index in [0.717, 1.165) is 5.56 Å². The minimum Gasteiger partial charge on any atom is -0.481 e. The lowest BCUT2D eigenvalue weighted by Gasteiger charge is -2.30. The number of halogens is 3. The van der Waals surface area contributed by atoms with Crippen LogP contribution in [0.4, 0.5) is 13.2 Å². The smallest absolute Gasteiger partial charge is 0.306 e. The largest absolute Gasteiger partial charge is 0.481 e. The van der Waals surface area contributed by atoms with Crippen molar-refractivity contribution in [1.82, 2.24) is 34.5 Å². The number of carboxylic acid groups (broad SMARTS) is 1. The molecule has 4 aromatic heterocycles. The number of aryl methyl sites for hydroxylation is 1. The minimum atomic E-state index is -3.27. The van der Waals surface area contributed by atoms with Crippen molar-refractivity contribution in [2.24, 2.45) is 13.0 Å². The zero-order valence-corrected chi connectivity index (χ0v) is 27.5. The Kier molecular flexibility index (Phi) is 8.32. The molecule has 2 aromatic carbocycles. The van der Waals surface area contributed by atoms with E-state index >= 15 is 13.2 Å². The third kappa shape index (κ3) is 6.40. The number of aromatic amines is 1. The van der Waals surface area contributed by atoms with E-state index in [-0.39, 0.29) is 36.8 Å². The highest BCUT2D eigenvalue weighted by Crippen LogP contribution is 2.40. The molecule has 258 valence electrons. The van der Waals surface area contributed by atoms with Gasteiger partial charge in [-0.3, -0.25) is 14.5 Å². The molecule has 0 aliphatic carbocycles. The molecule has 7 rings (SSSR count). The van der Waals surface area contributed by atoms with E-state index in [1.165, 1.54) is 27.7 Å². The van der Waals surface area contributed by atoms with Crippen molar-refractivity contribution in [2.45, 2.75) is 51.0 Å². The highest BCUT2D eigenvalue weighted by atomic mass is 19.3. The molecular weight excluding hydrogens is 651 g/mol. The maximum atomic E-state index is 15.7. The van der Waals surface area contributed by atoms with Crippen LogP contribution in [0.25, 0.3) is 22.4 Å². The average Bonchev–Trinajstić information content (AvgIpc) is 3.84. The number of alkyl halides is 2. The standard InChI is InChI=1S/C36H34F3N7O4/c1-21(33(47)48)15-22-5-4-6-23(16-22)35(2)10-11-36(38,39)20-49-30-9-14-46(43-30)19-26-25-8-13-40-28(25)18-27(37)31(26)50-24-7-12-41-29(17-24)32-42-34(35)44-45(32)3/h4-9,12-14,16-18,21,40H,10-11,15,19-20H2,1-3H3,(H,47,48)/t21-,35?/m1/s1. The van der Waals surface area contributed by atoms with Crippen molar-refractivity contribution in [1.29, 1.82) is 0 Å². The molecule has 2 N–H and O–H groups in total. The fourth-order valence-electron chi connectivity index (χ4n) is 6.27. The predicted octanol–water partition coefficient (Wildman–Crippen LogP) is 6.91. The topological polar surface area (TPSA) is 133 Å².